The van der Waals surface area contributed by atoms with Crippen LogP contribution in [0, 0.1) is 6.92 Å². The molecule has 1 unspecified atom stereocenters. The molecule has 8 heteroatoms. The van der Waals surface area contributed by atoms with Gasteiger partial charge in [0.25, 0.3) is 0 Å². The summed E-state index contributed by atoms with van der Waals surface area (Å²) >= 11 is 0. The number of fused-ring (bicyclic) bond motifs is 3. The Morgan fingerprint density at radius 1 is 1.24 bits per heavy atom. The van der Waals surface area contributed by atoms with Gasteiger partial charge in [-0.25, -0.2) is 14.8 Å². The summed E-state index contributed by atoms with van der Waals surface area (Å²) in [4.78, 5) is 29.4. The number of benzene rings is 1. The number of nitrogens with one attached hydrogen (secondary N) is 1. The van der Waals surface area contributed by atoms with Crippen LogP contribution in [0.3, 0.4) is 0 Å². The molecular weight excluding hydrogens is 368 g/mol. The number of rotatable bonds is 2. The molecule has 1 aliphatic carbocycles. The van der Waals surface area contributed by atoms with Gasteiger partial charge in [-0.2, -0.15) is 4.98 Å². The van der Waals surface area contributed by atoms with E-state index in [1.165, 1.54) is 0 Å². The Balaban J connectivity index is 1.56. The summed E-state index contributed by atoms with van der Waals surface area (Å²) in [6.45, 7) is 2.04. The molecule has 1 atom stereocenters. The molecule has 6 rings (SSSR count). The molecule has 0 bridgehead atoms. The van der Waals surface area contributed by atoms with Gasteiger partial charge in [-0.15, -0.1) is 0 Å². The number of aryl methyl sites for hydroxylation is 2. The summed E-state index contributed by atoms with van der Waals surface area (Å²) < 4.78 is 9.20. The monoisotopic (exact) mass is 386 g/mol. The first-order valence-corrected chi connectivity index (χ1v) is 9.66. The minimum Gasteiger partial charge on any atom is -0.469 e. The van der Waals surface area contributed by atoms with Crippen molar-refractivity contribution in [2.75, 3.05) is 0 Å². The average Bonchev–Trinajstić information content (AvgIpc) is 3.43. The van der Waals surface area contributed by atoms with Gasteiger partial charge in [-0.1, -0.05) is 6.07 Å². The second-order valence-corrected chi connectivity index (χ2v) is 7.52. The normalized spacial score (nSPS) is 16.5. The number of imidazole rings is 2. The quantitative estimate of drug-likeness (QED) is 0.502. The van der Waals surface area contributed by atoms with Crippen LogP contribution in [-0.4, -0.2) is 29.1 Å². The van der Waals surface area contributed by atoms with Crippen LogP contribution in [-0.2, 0) is 6.42 Å². The SMILES string of the molecule is Cc1ccc2ncn(-c3ncc4[nH]c(=O)n(C5CCCc6occc65)c4n3)c2c1. The Morgan fingerprint density at radius 3 is 3.10 bits per heavy atom. The molecule has 8 nitrogen and oxygen atoms in total. The van der Waals surface area contributed by atoms with E-state index in [2.05, 4.69) is 21.0 Å². The summed E-state index contributed by atoms with van der Waals surface area (Å²) in [7, 11) is 0. The number of aromatic nitrogens is 6. The third-order valence-corrected chi connectivity index (χ3v) is 5.69. The van der Waals surface area contributed by atoms with Gasteiger partial charge >= 0.3 is 5.69 Å². The Labute approximate surface area is 164 Å². The van der Waals surface area contributed by atoms with Gasteiger partial charge in [0.05, 0.1) is 29.5 Å². The van der Waals surface area contributed by atoms with Gasteiger partial charge in [0, 0.05) is 12.0 Å². The van der Waals surface area contributed by atoms with E-state index >= 15 is 0 Å². The minimum absolute atomic E-state index is 0.0942. The van der Waals surface area contributed by atoms with Gasteiger partial charge in [0.2, 0.25) is 5.95 Å². The van der Waals surface area contributed by atoms with Crippen LogP contribution in [0.1, 0.15) is 35.8 Å². The highest BCUT2D eigenvalue weighted by Gasteiger charge is 2.27. The van der Waals surface area contributed by atoms with E-state index in [0.29, 0.717) is 17.1 Å². The van der Waals surface area contributed by atoms with E-state index in [4.69, 9.17) is 9.40 Å². The highest BCUT2D eigenvalue weighted by molar-refractivity contribution is 5.78. The molecule has 144 valence electrons. The fourth-order valence-corrected chi connectivity index (χ4v) is 4.32. The van der Waals surface area contributed by atoms with Gasteiger partial charge in [-0.05, 0) is 43.5 Å². The number of aromatic amines is 1. The average molecular weight is 386 g/mol. The van der Waals surface area contributed by atoms with Crippen molar-refractivity contribution in [1.82, 2.24) is 29.1 Å². The first-order chi connectivity index (χ1) is 14.2. The third kappa shape index (κ3) is 2.38. The summed E-state index contributed by atoms with van der Waals surface area (Å²) in [6.07, 6.45) is 7.81. The molecule has 0 fully saturated rings. The number of H-pyrrole nitrogens is 1. The second kappa shape index (κ2) is 5.91. The highest BCUT2D eigenvalue weighted by atomic mass is 16.3. The molecule has 0 aliphatic heterocycles. The van der Waals surface area contributed by atoms with E-state index < -0.39 is 0 Å². The van der Waals surface area contributed by atoms with E-state index in [-0.39, 0.29) is 11.7 Å². The lowest BCUT2D eigenvalue weighted by Gasteiger charge is -2.22. The molecule has 1 aliphatic rings. The number of furan rings is 1. The number of hydrogen-bond acceptors (Lipinski definition) is 5. The van der Waals surface area contributed by atoms with Crippen molar-refractivity contribution in [3.63, 3.8) is 0 Å². The Morgan fingerprint density at radius 2 is 2.17 bits per heavy atom. The first-order valence-electron chi connectivity index (χ1n) is 9.66. The fraction of sp³-hybridized carbons (Fsp3) is 0.238. The maximum Gasteiger partial charge on any atom is 0.328 e. The van der Waals surface area contributed by atoms with Crippen molar-refractivity contribution in [3.8, 4) is 5.95 Å². The van der Waals surface area contributed by atoms with Crippen molar-refractivity contribution in [2.45, 2.75) is 32.2 Å². The standard InChI is InChI=1S/C21H18N6O2/c1-12-5-6-14-17(9-12)26(11-23-14)20-22-10-15-19(25-20)27(21(28)24-15)16-3-2-4-18-13(16)7-8-29-18/h5-11,16H,2-4H2,1H3,(H,24,28). The second-order valence-electron chi connectivity index (χ2n) is 7.52. The van der Waals surface area contributed by atoms with Crippen LogP contribution in [0.15, 0.2) is 52.3 Å². The van der Waals surface area contributed by atoms with Crippen LogP contribution in [0.2, 0.25) is 0 Å². The molecule has 1 aromatic carbocycles. The van der Waals surface area contributed by atoms with Crippen LogP contribution < -0.4 is 5.69 Å². The number of nitrogens with zero attached hydrogens (tertiary/aromatic N) is 5. The zero-order valence-corrected chi connectivity index (χ0v) is 15.8. The van der Waals surface area contributed by atoms with Gasteiger partial charge in [0.15, 0.2) is 5.65 Å². The molecule has 1 N–H and O–H groups in total. The minimum atomic E-state index is -0.183. The lowest BCUT2D eigenvalue weighted by Crippen LogP contribution is -2.26. The van der Waals surface area contributed by atoms with Crippen LogP contribution in [0.5, 0.6) is 0 Å². The lowest BCUT2D eigenvalue weighted by atomic mass is 9.93. The van der Waals surface area contributed by atoms with Crippen molar-refractivity contribution in [3.05, 3.63) is 70.4 Å². The molecule has 0 saturated carbocycles. The Bertz CT molecular complexity index is 1440. The predicted molar refractivity (Wildman–Crippen MR) is 107 cm³/mol. The van der Waals surface area contributed by atoms with E-state index in [1.54, 1.807) is 23.4 Å². The van der Waals surface area contributed by atoms with Gasteiger partial charge < -0.3 is 9.40 Å². The van der Waals surface area contributed by atoms with E-state index in [0.717, 1.165) is 47.2 Å². The number of hydrogen-bond donors (Lipinski definition) is 1. The fourth-order valence-electron chi connectivity index (χ4n) is 4.32. The molecule has 0 amide bonds. The van der Waals surface area contributed by atoms with Crippen molar-refractivity contribution >= 4 is 22.2 Å². The zero-order chi connectivity index (χ0) is 19.5. The highest BCUT2D eigenvalue weighted by Crippen LogP contribution is 2.34. The van der Waals surface area contributed by atoms with Gasteiger partial charge in [-0.3, -0.25) is 9.13 Å². The molecule has 4 heterocycles. The molecule has 5 aromatic rings. The van der Waals surface area contributed by atoms with Crippen molar-refractivity contribution in [1.29, 1.82) is 0 Å². The summed E-state index contributed by atoms with van der Waals surface area (Å²) in [6, 6.07) is 7.92. The molecule has 4 aromatic heterocycles. The summed E-state index contributed by atoms with van der Waals surface area (Å²) in [5.74, 6) is 1.44. The maximum absolute atomic E-state index is 12.8. The largest absolute Gasteiger partial charge is 0.469 e. The van der Waals surface area contributed by atoms with Gasteiger partial charge in [0.1, 0.15) is 17.6 Å². The topological polar surface area (TPSA) is 94.5 Å². The smallest absolute Gasteiger partial charge is 0.328 e. The molecule has 0 spiro atoms. The molecular formula is C21H18N6O2. The third-order valence-electron chi connectivity index (χ3n) is 5.69. The van der Waals surface area contributed by atoms with Crippen LogP contribution >= 0.6 is 0 Å². The van der Waals surface area contributed by atoms with Crippen LogP contribution in [0.4, 0.5) is 0 Å². The Kier molecular flexibility index (Phi) is 3.32. The Hall–Kier alpha value is -3.68. The maximum atomic E-state index is 12.8. The van der Waals surface area contributed by atoms with E-state index in [1.807, 2.05) is 29.7 Å². The van der Waals surface area contributed by atoms with Crippen molar-refractivity contribution in [2.24, 2.45) is 0 Å². The first kappa shape index (κ1) is 16.3. The summed E-state index contributed by atoms with van der Waals surface area (Å²) in [5, 5.41) is 0. The molecule has 0 saturated heterocycles. The summed E-state index contributed by atoms with van der Waals surface area (Å²) in [5.41, 5.74) is 5.03. The molecule has 0 radical (unpaired) electrons. The molecule has 29 heavy (non-hydrogen) atoms. The van der Waals surface area contributed by atoms with Crippen molar-refractivity contribution < 1.29 is 4.42 Å². The van der Waals surface area contributed by atoms with Crippen LogP contribution in [0.25, 0.3) is 28.1 Å². The predicted octanol–water partition coefficient (Wildman–Crippen LogP) is 3.29. The lowest BCUT2D eigenvalue weighted by molar-refractivity contribution is 0.424. The zero-order valence-electron chi connectivity index (χ0n) is 15.8. The van der Waals surface area contributed by atoms with E-state index in [9.17, 15) is 4.79 Å².